The number of carbonyl (C=O) groups is 1. The second-order valence-corrected chi connectivity index (χ2v) is 9.16. The average molecular weight is 502 g/mol. The highest BCUT2D eigenvalue weighted by molar-refractivity contribution is 7.47. The van der Waals surface area contributed by atoms with Gasteiger partial charge in [0, 0.05) is 13.0 Å². The van der Waals surface area contributed by atoms with Crippen molar-refractivity contribution in [1.82, 2.24) is 0 Å². The van der Waals surface area contributed by atoms with Crippen molar-refractivity contribution in [3.8, 4) is 0 Å². The summed E-state index contributed by atoms with van der Waals surface area (Å²) in [6, 6.07) is 0. The Balaban J connectivity index is 3.68. The number of allylic oxidation sites excluding steroid dienone is 8. The molecule has 0 aromatic carbocycles. The van der Waals surface area contributed by atoms with Gasteiger partial charge in [0.2, 0.25) is 0 Å². The summed E-state index contributed by atoms with van der Waals surface area (Å²) >= 11 is 0. The molecule has 0 aromatic heterocycles. The minimum absolute atomic E-state index is 0.0646. The molecule has 0 rings (SSSR count). The number of carbonyl (C=O) groups excluding carboxylic acids is 1. The highest BCUT2D eigenvalue weighted by Crippen LogP contribution is 2.42. The monoisotopic (exact) mass is 501 g/mol. The summed E-state index contributed by atoms with van der Waals surface area (Å²) in [6.07, 6.45) is 25.4. The maximum atomic E-state index is 11.7. The van der Waals surface area contributed by atoms with E-state index in [1.807, 2.05) is 6.08 Å². The molecule has 0 bridgehead atoms. The molecule has 8 nitrogen and oxygen atoms in total. The average Bonchev–Trinajstić information content (AvgIpc) is 2.82. The van der Waals surface area contributed by atoms with Crippen LogP contribution in [0.5, 0.6) is 0 Å². The zero-order chi connectivity index (χ0) is 25.3. The summed E-state index contributed by atoms with van der Waals surface area (Å²) < 4.78 is 25.5. The normalized spacial score (nSPS) is 15.1. The minimum atomic E-state index is -4.26. The topological polar surface area (TPSA) is 128 Å². The molecule has 0 heterocycles. The Hall–Kier alpha value is -1.54. The van der Waals surface area contributed by atoms with E-state index in [9.17, 15) is 19.4 Å². The third-order valence-electron chi connectivity index (χ3n) is 4.45. The van der Waals surface area contributed by atoms with Gasteiger partial charge in [0.1, 0.15) is 12.7 Å². The maximum Gasteiger partial charge on any atom is 0.472 e. The Morgan fingerprint density at radius 2 is 1.44 bits per heavy atom. The summed E-state index contributed by atoms with van der Waals surface area (Å²) in [5, 5.41) is 9.67. The first kappa shape index (κ1) is 32.5. The van der Waals surface area contributed by atoms with Gasteiger partial charge in [-0.15, -0.1) is 0 Å². The quantitative estimate of drug-likeness (QED) is 0.0806. The van der Waals surface area contributed by atoms with Crippen molar-refractivity contribution < 1.29 is 33.1 Å². The highest BCUT2D eigenvalue weighted by Gasteiger charge is 2.22. The van der Waals surface area contributed by atoms with Gasteiger partial charge in [-0.1, -0.05) is 68.4 Å². The van der Waals surface area contributed by atoms with E-state index in [2.05, 4.69) is 58.5 Å². The molecule has 0 aliphatic carbocycles. The number of aliphatic hydroxyl groups excluding tert-OH is 1. The zero-order valence-corrected chi connectivity index (χ0v) is 21.5. The lowest BCUT2D eigenvalue weighted by molar-refractivity contribution is -0.147. The first-order valence-corrected chi connectivity index (χ1v) is 13.7. The molecule has 0 aliphatic rings. The second-order valence-electron chi connectivity index (χ2n) is 7.70. The first-order valence-electron chi connectivity index (χ1n) is 12.2. The van der Waals surface area contributed by atoms with E-state index >= 15 is 0 Å². The van der Waals surface area contributed by atoms with Gasteiger partial charge in [0.05, 0.1) is 13.2 Å². The molecule has 0 aromatic rings. The van der Waals surface area contributed by atoms with E-state index in [1.165, 1.54) is 25.7 Å². The number of ether oxygens (including phenoxy) is 1. The number of hydrogen-bond acceptors (Lipinski definition) is 7. The molecule has 0 saturated heterocycles. The summed E-state index contributed by atoms with van der Waals surface area (Å²) in [4.78, 5) is 21.0. The third-order valence-corrected chi connectivity index (χ3v) is 5.43. The summed E-state index contributed by atoms with van der Waals surface area (Å²) in [7, 11) is -4.26. The number of rotatable bonds is 22. The van der Waals surface area contributed by atoms with Crippen molar-refractivity contribution in [3.05, 3.63) is 48.6 Å². The number of unbranched alkanes of at least 4 members (excludes halogenated alkanes) is 4. The maximum absolute atomic E-state index is 11.7. The van der Waals surface area contributed by atoms with Gasteiger partial charge in [-0.3, -0.25) is 13.8 Å². The number of hydrogen-bond donors (Lipinski definition) is 3. The van der Waals surface area contributed by atoms with Gasteiger partial charge < -0.3 is 20.5 Å². The Morgan fingerprint density at radius 3 is 2.00 bits per heavy atom. The van der Waals surface area contributed by atoms with Crippen molar-refractivity contribution in [2.75, 3.05) is 26.4 Å². The van der Waals surface area contributed by atoms with Crippen LogP contribution in [0.2, 0.25) is 0 Å². The third kappa shape index (κ3) is 23.6. The van der Waals surface area contributed by atoms with Crippen molar-refractivity contribution in [3.63, 3.8) is 0 Å². The standard InChI is InChI=1S/C25H44NO7P/c1-2-3-4-5-6-7-8-9-10-11-12-13-14-15-16-17-18-19-25(28)31-22-24(27)23-33-34(29,30)32-21-20-26/h6-7,9-10,12-13,15-16,24,27H,2-5,8,11,14,17-23,26H2,1H3,(H,29,30)/t24-/m1/s1. The van der Waals surface area contributed by atoms with E-state index in [0.29, 0.717) is 6.42 Å². The Labute approximate surface area is 205 Å². The molecule has 196 valence electrons. The number of esters is 1. The summed E-state index contributed by atoms with van der Waals surface area (Å²) in [5.74, 6) is -0.443. The van der Waals surface area contributed by atoms with Crippen LogP contribution in [-0.4, -0.2) is 48.4 Å². The molecule has 2 atom stereocenters. The molecule has 9 heteroatoms. The van der Waals surface area contributed by atoms with E-state index in [0.717, 1.165) is 25.7 Å². The van der Waals surface area contributed by atoms with Crippen LogP contribution in [0, 0.1) is 0 Å². The van der Waals surface area contributed by atoms with Gasteiger partial charge >= 0.3 is 13.8 Å². The van der Waals surface area contributed by atoms with Gasteiger partial charge in [-0.05, 0) is 44.9 Å². The summed E-state index contributed by atoms with van der Waals surface area (Å²) in [6.45, 7) is 1.33. The van der Waals surface area contributed by atoms with E-state index in [-0.39, 0.29) is 26.2 Å². The summed E-state index contributed by atoms with van der Waals surface area (Å²) in [5.41, 5.74) is 5.16. The molecule has 0 radical (unpaired) electrons. The molecular weight excluding hydrogens is 457 g/mol. The molecule has 0 fully saturated rings. The van der Waals surface area contributed by atoms with Gasteiger partial charge in [0.15, 0.2) is 0 Å². The number of phosphoric acid groups is 1. The lowest BCUT2D eigenvalue weighted by atomic mass is 10.2. The minimum Gasteiger partial charge on any atom is -0.463 e. The van der Waals surface area contributed by atoms with E-state index < -0.39 is 26.5 Å². The molecule has 0 spiro atoms. The van der Waals surface area contributed by atoms with E-state index in [4.69, 9.17) is 10.5 Å². The number of aliphatic hydroxyl groups is 1. The molecule has 34 heavy (non-hydrogen) atoms. The van der Waals surface area contributed by atoms with Crippen LogP contribution < -0.4 is 5.73 Å². The lowest BCUT2D eigenvalue weighted by Crippen LogP contribution is -2.23. The molecule has 4 N–H and O–H groups in total. The van der Waals surface area contributed by atoms with Crippen LogP contribution in [0.3, 0.4) is 0 Å². The fourth-order valence-corrected chi connectivity index (χ4v) is 3.39. The first-order chi connectivity index (χ1) is 16.4. The van der Waals surface area contributed by atoms with Crippen LogP contribution in [-0.2, 0) is 23.1 Å². The lowest BCUT2D eigenvalue weighted by Gasteiger charge is -2.15. The Kier molecular flexibility index (Phi) is 22.2. The van der Waals surface area contributed by atoms with Crippen molar-refractivity contribution in [2.45, 2.75) is 77.2 Å². The van der Waals surface area contributed by atoms with Gasteiger partial charge in [0.25, 0.3) is 0 Å². The largest absolute Gasteiger partial charge is 0.472 e. The molecule has 1 unspecified atom stereocenters. The second kappa shape index (κ2) is 23.2. The predicted octanol–water partition coefficient (Wildman–Crippen LogP) is 5.13. The van der Waals surface area contributed by atoms with E-state index in [1.54, 1.807) is 0 Å². The molecular formula is C25H44NO7P. The molecule has 0 saturated carbocycles. The van der Waals surface area contributed by atoms with Crippen molar-refractivity contribution in [2.24, 2.45) is 5.73 Å². The highest BCUT2D eigenvalue weighted by atomic mass is 31.2. The SMILES string of the molecule is CCCCCC=CCC=CCC=CCC=CCCCC(=O)OC[C@@H](O)COP(=O)(O)OCCN. The van der Waals surface area contributed by atoms with Gasteiger partial charge in [-0.25, -0.2) is 4.57 Å². The smallest absolute Gasteiger partial charge is 0.463 e. The molecule has 0 aliphatic heterocycles. The number of nitrogens with two attached hydrogens (primary N) is 1. The molecule has 0 amide bonds. The predicted molar refractivity (Wildman–Crippen MR) is 136 cm³/mol. The Morgan fingerprint density at radius 1 is 0.882 bits per heavy atom. The van der Waals surface area contributed by atoms with Crippen molar-refractivity contribution in [1.29, 1.82) is 0 Å². The van der Waals surface area contributed by atoms with Crippen LogP contribution in [0.4, 0.5) is 0 Å². The van der Waals surface area contributed by atoms with Crippen molar-refractivity contribution >= 4 is 13.8 Å². The van der Waals surface area contributed by atoms with Crippen LogP contribution in [0.1, 0.15) is 71.1 Å². The zero-order valence-electron chi connectivity index (χ0n) is 20.6. The fraction of sp³-hybridized carbons (Fsp3) is 0.640. The fourth-order valence-electron chi connectivity index (χ4n) is 2.62. The number of phosphoric ester groups is 1. The Bertz CT molecular complexity index is 662. The van der Waals surface area contributed by atoms with Gasteiger partial charge in [-0.2, -0.15) is 0 Å². The van der Waals surface area contributed by atoms with Crippen LogP contribution in [0.25, 0.3) is 0 Å². The van der Waals surface area contributed by atoms with Crippen LogP contribution >= 0.6 is 7.82 Å². The van der Waals surface area contributed by atoms with Crippen LogP contribution in [0.15, 0.2) is 48.6 Å².